The Labute approximate surface area is 228 Å². The standard InChI is InChI=1S/C30H35N7O2/c1-3-35(4-2)18-9-13-26(38)36-19-8-10-23(20-36)37-30-27(29(31)32-21-33-30)28(34-37)22-14-16-25(17-15-22)39-24-11-6-5-7-12-24/h5-7,9,11-17,21,23H,3-4,8,10,18-20H2,1-2H3,(H2,31,32,33)/b13-9+/t23-/m1/s1. The monoisotopic (exact) mass is 525 g/mol. The van der Waals surface area contributed by atoms with Gasteiger partial charge in [0.2, 0.25) is 5.91 Å². The van der Waals surface area contributed by atoms with E-state index in [0.29, 0.717) is 18.0 Å². The van der Waals surface area contributed by atoms with Crippen molar-refractivity contribution < 1.29 is 9.53 Å². The molecule has 5 rings (SSSR count). The summed E-state index contributed by atoms with van der Waals surface area (Å²) in [5, 5.41) is 5.71. The van der Waals surface area contributed by atoms with Gasteiger partial charge in [0.25, 0.3) is 0 Å². The van der Waals surface area contributed by atoms with E-state index in [1.807, 2.05) is 70.3 Å². The smallest absolute Gasteiger partial charge is 0.246 e. The molecule has 1 atom stereocenters. The summed E-state index contributed by atoms with van der Waals surface area (Å²) in [6, 6.07) is 17.4. The van der Waals surface area contributed by atoms with Gasteiger partial charge in [0, 0.05) is 31.3 Å². The van der Waals surface area contributed by atoms with Crippen LogP contribution >= 0.6 is 0 Å². The second kappa shape index (κ2) is 12.1. The number of aromatic nitrogens is 4. The van der Waals surface area contributed by atoms with Crippen LogP contribution in [0.3, 0.4) is 0 Å². The fourth-order valence-electron chi connectivity index (χ4n) is 5.00. The first kappa shape index (κ1) is 26.4. The Hall–Kier alpha value is -4.24. The minimum Gasteiger partial charge on any atom is -0.457 e. The maximum Gasteiger partial charge on any atom is 0.246 e. The van der Waals surface area contributed by atoms with Crippen molar-refractivity contribution in [1.82, 2.24) is 29.5 Å². The van der Waals surface area contributed by atoms with Crippen molar-refractivity contribution in [3.63, 3.8) is 0 Å². The van der Waals surface area contributed by atoms with Crippen LogP contribution < -0.4 is 10.5 Å². The number of likely N-dealkylation sites (N-methyl/N-ethyl adjacent to an activating group) is 1. The molecule has 3 heterocycles. The fraction of sp³-hybridized carbons (Fsp3) is 0.333. The third-order valence-electron chi connectivity index (χ3n) is 7.20. The van der Waals surface area contributed by atoms with Crippen LogP contribution in [0.15, 0.2) is 73.1 Å². The van der Waals surface area contributed by atoms with E-state index >= 15 is 0 Å². The minimum atomic E-state index is -0.00915. The van der Waals surface area contributed by atoms with Gasteiger partial charge in [-0.15, -0.1) is 0 Å². The second-order valence-electron chi connectivity index (χ2n) is 9.66. The Kier molecular flexibility index (Phi) is 8.17. The summed E-state index contributed by atoms with van der Waals surface area (Å²) >= 11 is 0. The van der Waals surface area contributed by atoms with Crippen LogP contribution in [-0.2, 0) is 4.79 Å². The van der Waals surface area contributed by atoms with E-state index in [2.05, 4.69) is 28.7 Å². The van der Waals surface area contributed by atoms with Gasteiger partial charge in [-0.25, -0.2) is 14.6 Å². The number of piperidine rings is 1. The van der Waals surface area contributed by atoms with E-state index in [-0.39, 0.29) is 11.9 Å². The molecule has 4 aromatic rings. The predicted octanol–water partition coefficient (Wildman–Crippen LogP) is 4.93. The van der Waals surface area contributed by atoms with E-state index in [1.54, 1.807) is 6.08 Å². The number of carbonyl (C=O) groups is 1. The van der Waals surface area contributed by atoms with Crippen LogP contribution in [0.5, 0.6) is 11.5 Å². The molecule has 1 aliphatic heterocycles. The number of fused-ring (bicyclic) bond motifs is 1. The first-order valence-corrected chi connectivity index (χ1v) is 13.6. The third kappa shape index (κ3) is 5.93. The highest BCUT2D eigenvalue weighted by Gasteiger charge is 2.28. The van der Waals surface area contributed by atoms with Crippen LogP contribution in [0.25, 0.3) is 22.3 Å². The molecule has 2 N–H and O–H groups in total. The number of carbonyl (C=O) groups excluding carboxylic acids is 1. The average Bonchev–Trinajstić information content (AvgIpc) is 3.37. The Morgan fingerprint density at radius 1 is 1.08 bits per heavy atom. The number of benzene rings is 2. The highest BCUT2D eigenvalue weighted by molar-refractivity contribution is 5.98. The second-order valence-corrected chi connectivity index (χ2v) is 9.66. The molecule has 0 unspecified atom stereocenters. The number of hydrogen-bond acceptors (Lipinski definition) is 7. The molecular weight excluding hydrogens is 490 g/mol. The maximum absolute atomic E-state index is 13.0. The van der Waals surface area contributed by atoms with E-state index in [4.69, 9.17) is 15.6 Å². The zero-order valence-electron chi connectivity index (χ0n) is 22.5. The summed E-state index contributed by atoms with van der Waals surface area (Å²) in [6.45, 7) is 8.25. The summed E-state index contributed by atoms with van der Waals surface area (Å²) in [6.07, 6.45) is 6.92. The van der Waals surface area contributed by atoms with E-state index in [9.17, 15) is 4.79 Å². The summed E-state index contributed by atoms with van der Waals surface area (Å²) in [4.78, 5) is 25.9. The molecule has 1 saturated heterocycles. The summed E-state index contributed by atoms with van der Waals surface area (Å²) < 4.78 is 7.87. The molecule has 1 amide bonds. The van der Waals surface area contributed by atoms with E-state index in [0.717, 1.165) is 67.2 Å². The summed E-state index contributed by atoms with van der Waals surface area (Å²) in [7, 11) is 0. The SMILES string of the molecule is CCN(CC)C/C=C/C(=O)N1CCC[C@@H](n2nc(-c3ccc(Oc4ccccc4)cc3)c3c(N)ncnc32)C1. The Balaban J connectivity index is 1.38. The molecule has 0 spiro atoms. The maximum atomic E-state index is 13.0. The summed E-state index contributed by atoms with van der Waals surface area (Å²) in [5.74, 6) is 1.92. The number of hydrogen-bond donors (Lipinski definition) is 1. The third-order valence-corrected chi connectivity index (χ3v) is 7.20. The van der Waals surface area contributed by atoms with Gasteiger partial charge in [-0.2, -0.15) is 5.10 Å². The molecule has 2 aromatic heterocycles. The highest BCUT2D eigenvalue weighted by Crippen LogP contribution is 2.34. The molecular formula is C30H35N7O2. The quantitative estimate of drug-likeness (QED) is 0.309. The lowest BCUT2D eigenvalue weighted by molar-refractivity contribution is -0.127. The van der Waals surface area contributed by atoms with Crippen LogP contribution in [0, 0.1) is 0 Å². The van der Waals surface area contributed by atoms with Crippen molar-refractivity contribution in [3.8, 4) is 22.8 Å². The zero-order valence-corrected chi connectivity index (χ0v) is 22.5. The molecule has 1 aliphatic rings. The normalized spacial score (nSPS) is 15.9. The Bertz CT molecular complexity index is 1430. The predicted molar refractivity (Wildman–Crippen MR) is 153 cm³/mol. The molecule has 0 saturated carbocycles. The fourth-order valence-corrected chi connectivity index (χ4v) is 5.00. The van der Waals surface area contributed by atoms with Crippen molar-refractivity contribution in [2.45, 2.75) is 32.7 Å². The van der Waals surface area contributed by atoms with Crippen molar-refractivity contribution in [3.05, 3.63) is 73.1 Å². The Morgan fingerprint density at radius 3 is 2.56 bits per heavy atom. The largest absolute Gasteiger partial charge is 0.457 e. The lowest BCUT2D eigenvalue weighted by Gasteiger charge is -2.32. The van der Waals surface area contributed by atoms with Crippen LogP contribution in [0.2, 0.25) is 0 Å². The lowest BCUT2D eigenvalue weighted by Crippen LogP contribution is -2.40. The molecule has 2 aromatic carbocycles. The number of para-hydroxylation sites is 1. The average molecular weight is 526 g/mol. The Morgan fingerprint density at radius 2 is 1.82 bits per heavy atom. The van der Waals surface area contributed by atoms with Gasteiger partial charge in [0.1, 0.15) is 29.3 Å². The van der Waals surface area contributed by atoms with Gasteiger partial charge in [-0.05, 0) is 62.3 Å². The number of nitrogen functional groups attached to an aromatic ring is 1. The number of rotatable bonds is 9. The van der Waals surface area contributed by atoms with E-state index in [1.165, 1.54) is 6.33 Å². The first-order chi connectivity index (χ1) is 19.1. The van der Waals surface area contributed by atoms with Crippen molar-refractivity contribution in [2.75, 3.05) is 38.5 Å². The molecule has 202 valence electrons. The molecule has 39 heavy (non-hydrogen) atoms. The van der Waals surface area contributed by atoms with Gasteiger partial charge in [-0.1, -0.05) is 38.1 Å². The molecule has 0 aliphatic carbocycles. The van der Waals surface area contributed by atoms with Gasteiger partial charge < -0.3 is 20.3 Å². The highest BCUT2D eigenvalue weighted by atomic mass is 16.5. The molecule has 9 heteroatoms. The number of amides is 1. The van der Waals surface area contributed by atoms with E-state index < -0.39 is 0 Å². The van der Waals surface area contributed by atoms with Crippen LogP contribution in [0.1, 0.15) is 32.7 Å². The van der Waals surface area contributed by atoms with Crippen LogP contribution in [0.4, 0.5) is 5.82 Å². The van der Waals surface area contributed by atoms with Crippen molar-refractivity contribution in [2.24, 2.45) is 0 Å². The first-order valence-electron chi connectivity index (χ1n) is 13.6. The number of nitrogens with zero attached hydrogens (tertiary/aromatic N) is 6. The topological polar surface area (TPSA) is 102 Å². The minimum absolute atomic E-state index is 0.00915. The number of likely N-dealkylation sites (tertiary alicyclic amines) is 1. The van der Waals surface area contributed by atoms with Gasteiger partial charge in [0.05, 0.1) is 11.4 Å². The molecule has 0 radical (unpaired) electrons. The lowest BCUT2D eigenvalue weighted by atomic mass is 10.1. The zero-order chi connectivity index (χ0) is 27.2. The molecule has 0 bridgehead atoms. The van der Waals surface area contributed by atoms with Gasteiger partial charge in [-0.3, -0.25) is 4.79 Å². The van der Waals surface area contributed by atoms with Gasteiger partial charge >= 0.3 is 0 Å². The summed E-state index contributed by atoms with van der Waals surface area (Å²) in [5.41, 5.74) is 8.63. The molecule has 1 fully saturated rings. The molecule has 9 nitrogen and oxygen atoms in total. The van der Waals surface area contributed by atoms with Gasteiger partial charge in [0.15, 0.2) is 5.65 Å². The van der Waals surface area contributed by atoms with Crippen molar-refractivity contribution in [1.29, 1.82) is 0 Å². The van der Waals surface area contributed by atoms with Crippen LogP contribution in [-0.4, -0.2) is 68.2 Å². The van der Waals surface area contributed by atoms with Crippen molar-refractivity contribution >= 4 is 22.8 Å². The number of anilines is 1. The number of ether oxygens (including phenoxy) is 1. The number of nitrogens with two attached hydrogens (primary N) is 1.